The van der Waals surface area contributed by atoms with E-state index in [1.165, 1.54) is 24.3 Å². The maximum Gasteiger partial charge on any atom is 0.229 e. The van der Waals surface area contributed by atoms with Gasteiger partial charge in [0.2, 0.25) is 5.78 Å². The summed E-state index contributed by atoms with van der Waals surface area (Å²) >= 11 is 0. The third kappa shape index (κ3) is 2.24. The summed E-state index contributed by atoms with van der Waals surface area (Å²) in [5.41, 5.74) is -0.874. The van der Waals surface area contributed by atoms with Crippen molar-refractivity contribution in [2.24, 2.45) is 5.92 Å². The lowest BCUT2D eigenvalue weighted by Gasteiger charge is -2.32. The molecule has 1 fully saturated rings. The van der Waals surface area contributed by atoms with Gasteiger partial charge in [0.05, 0.1) is 0 Å². The van der Waals surface area contributed by atoms with Gasteiger partial charge in [0, 0.05) is 5.39 Å². The lowest BCUT2D eigenvalue weighted by Crippen LogP contribution is -2.41. The van der Waals surface area contributed by atoms with Crippen molar-refractivity contribution in [3.05, 3.63) is 35.8 Å². The largest absolute Gasteiger partial charge is 0.453 e. The minimum Gasteiger partial charge on any atom is -0.453 e. The van der Waals surface area contributed by atoms with Crippen LogP contribution in [0.3, 0.4) is 0 Å². The molecule has 0 bridgehead atoms. The Hall–Kier alpha value is -1.68. The fourth-order valence-corrected chi connectivity index (χ4v) is 2.82. The minimum absolute atomic E-state index is 0.114. The molecule has 20 heavy (non-hydrogen) atoms. The van der Waals surface area contributed by atoms with E-state index in [-0.39, 0.29) is 17.4 Å². The van der Waals surface area contributed by atoms with Crippen molar-refractivity contribution < 1.29 is 18.7 Å². The molecule has 1 saturated carbocycles. The second kappa shape index (κ2) is 4.70. The Labute approximate surface area is 116 Å². The van der Waals surface area contributed by atoms with Gasteiger partial charge >= 0.3 is 0 Å². The van der Waals surface area contributed by atoms with Crippen molar-refractivity contribution in [2.75, 3.05) is 0 Å². The lowest BCUT2D eigenvalue weighted by molar-refractivity contribution is 0.00223. The number of benzene rings is 1. The molecular formula is C16H17FO3. The zero-order valence-electron chi connectivity index (χ0n) is 11.4. The highest BCUT2D eigenvalue weighted by Crippen LogP contribution is 2.35. The average molecular weight is 276 g/mol. The number of fused-ring (bicyclic) bond motifs is 1. The van der Waals surface area contributed by atoms with E-state index >= 15 is 0 Å². The predicted octanol–water partition coefficient (Wildman–Crippen LogP) is 3.70. The van der Waals surface area contributed by atoms with E-state index in [1.54, 1.807) is 0 Å². The Morgan fingerprint density at radius 2 is 2.05 bits per heavy atom. The highest BCUT2D eigenvalue weighted by Gasteiger charge is 2.40. The van der Waals surface area contributed by atoms with E-state index in [1.807, 2.05) is 0 Å². The van der Waals surface area contributed by atoms with Gasteiger partial charge in [0.1, 0.15) is 17.0 Å². The molecule has 0 atom stereocenters. The molecule has 1 aromatic carbocycles. The van der Waals surface area contributed by atoms with Gasteiger partial charge in [-0.05, 0) is 55.9 Å². The highest BCUT2D eigenvalue weighted by molar-refractivity contribution is 6.02. The van der Waals surface area contributed by atoms with Crippen molar-refractivity contribution in [1.29, 1.82) is 0 Å². The molecular weight excluding hydrogens is 259 g/mol. The number of aliphatic hydroxyl groups is 1. The SMILES string of the molecule is CC1CCC(O)(C(=O)c2cc3cc(F)ccc3o2)CC1. The summed E-state index contributed by atoms with van der Waals surface area (Å²) in [6, 6.07) is 5.62. The average Bonchev–Trinajstić information content (AvgIpc) is 2.84. The Bertz CT molecular complexity index is 651. The van der Waals surface area contributed by atoms with Crippen LogP contribution in [0.5, 0.6) is 0 Å². The first-order valence-electron chi connectivity index (χ1n) is 6.94. The van der Waals surface area contributed by atoms with Crippen LogP contribution in [0.25, 0.3) is 11.0 Å². The van der Waals surface area contributed by atoms with Gasteiger partial charge in [0.25, 0.3) is 0 Å². The molecule has 1 aliphatic rings. The van der Waals surface area contributed by atoms with Crippen LogP contribution in [0.1, 0.15) is 43.2 Å². The van der Waals surface area contributed by atoms with Gasteiger partial charge < -0.3 is 9.52 Å². The van der Waals surface area contributed by atoms with Crippen LogP contribution in [-0.2, 0) is 0 Å². The molecule has 2 aromatic rings. The topological polar surface area (TPSA) is 50.4 Å². The van der Waals surface area contributed by atoms with Gasteiger partial charge in [0.15, 0.2) is 5.76 Å². The minimum atomic E-state index is -1.33. The molecule has 0 saturated heterocycles. The summed E-state index contributed by atoms with van der Waals surface area (Å²) in [4.78, 5) is 12.4. The van der Waals surface area contributed by atoms with E-state index < -0.39 is 5.60 Å². The van der Waals surface area contributed by atoms with Crippen molar-refractivity contribution >= 4 is 16.8 Å². The first-order valence-corrected chi connectivity index (χ1v) is 6.94. The van der Waals surface area contributed by atoms with Crippen molar-refractivity contribution in [1.82, 2.24) is 0 Å². The zero-order valence-corrected chi connectivity index (χ0v) is 11.4. The van der Waals surface area contributed by atoms with Gasteiger partial charge in [-0.1, -0.05) is 6.92 Å². The molecule has 4 heteroatoms. The van der Waals surface area contributed by atoms with E-state index in [2.05, 4.69) is 6.92 Å². The van der Waals surface area contributed by atoms with Crippen LogP contribution in [-0.4, -0.2) is 16.5 Å². The second-order valence-electron chi connectivity index (χ2n) is 5.84. The standard InChI is InChI=1S/C16H17FO3/c1-10-4-6-16(19,7-5-10)15(18)14-9-11-8-12(17)2-3-13(11)20-14/h2-3,8-10,19H,4-7H2,1H3. The summed E-state index contributed by atoms with van der Waals surface area (Å²) < 4.78 is 18.6. The molecule has 1 aromatic heterocycles. The van der Waals surface area contributed by atoms with Crippen LogP contribution in [0.15, 0.2) is 28.7 Å². The normalized spacial score (nSPS) is 26.9. The lowest BCUT2D eigenvalue weighted by atomic mass is 9.77. The van der Waals surface area contributed by atoms with Crippen LogP contribution < -0.4 is 0 Å². The van der Waals surface area contributed by atoms with Gasteiger partial charge in [-0.25, -0.2) is 4.39 Å². The maximum absolute atomic E-state index is 13.1. The maximum atomic E-state index is 13.1. The van der Waals surface area contributed by atoms with Crippen molar-refractivity contribution in [2.45, 2.75) is 38.2 Å². The number of hydrogen-bond donors (Lipinski definition) is 1. The Kier molecular flexibility index (Phi) is 3.13. The third-order valence-corrected chi connectivity index (χ3v) is 4.23. The first kappa shape index (κ1) is 13.3. The van der Waals surface area contributed by atoms with Crippen molar-refractivity contribution in [3.63, 3.8) is 0 Å². The Morgan fingerprint density at radius 3 is 2.75 bits per heavy atom. The number of furan rings is 1. The molecule has 106 valence electrons. The smallest absolute Gasteiger partial charge is 0.229 e. The summed E-state index contributed by atoms with van der Waals surface area (Å²) in [5, 5.41) is 11.0. The quantitative estimate of drug-likeness (QED) is 0.851. The number of rotatable bonds is 2. The monoisotopic (exact) mass is 276 g/mol. The number of Topliss-reactive ketones (excluding diaryl/α,β-unsaturated/α-hetero) is 1. The van der Waals surface area contributed by atoms with Gasteiger partial charge in [-0.15, -0.1) is 0 Å². The third-order valence-electron chi connectivity index (χ3n) is 4.23. The second-order valence-corrected chi connectivity index (χ2v) is 5.84. The molecule has 0 spiro atoms. The van der Waals surface area contributed by atoms with Gasteiger partial charge in [-0.2, -0.15) is 0 Å². The summed E-state index contributed by atoms with van der Waals surface area (Å²) in [5.74, 6) is -0.112. The molecule has 1 aliphatic carbocycles. The number of halogens is 1. The van der Waals surface area contributed by atoms with Crippen LogP contribution >= 0.6 is 0 Å². The predicted molar refractivity (Wildman–Crippen MR) is 73.1 cm³/mol. The zero-order chi connectivity index (χ0) is 14.3. The number of hydrogen-bond acceptors (Lipinski definition) is 3. The number of ketones is 1. The molecule has 0 radical (unpaired) electrons. The summed E-state index contributed by atoms with van der Waals surface area (Å²) in [6.07, 6.45) is 2.57. The van der Waals surface area contributed by atoms with E-state index in [0.29, 0.717) is 29.7 Å². The Balaban J connectivity index is 1.92. The van der Waals surface area contributed by atoms with Crippen LogP contribution in [0.2, 0.25) is 0 Å². The van der Waals surface area contributed by atoms with E-state index in [9.17, 15) is 14.3 Å². The van der Waals surface area contributed by atoms with E-state index in [4.69, 9.17) is 4.42 Å². The van der Waals surface area contributed by atoms with E-state index in [0.717, 1.165) is 12.8 Å². The molecule has 1 N–H and O–H groups in total. The Morgan fingerprint density at radius 1 is 1.35 bits per heavy atom. The van der Waals surface area contributed by atoms with Crippen molar-refractivity contribution in [3.8, 4) is 0 Å². The molecule has 0 unspecified atom stereocenters. The van der Waals surface area contributed by atoms with Crippen LogP contribution in [0.4, 0.5) is 4.39 Å². The molecule has 3 rings (SSSR count). The number of carbonyl (C=O) groups excluding carboxylic acids is 1. The first-order chi connectivity index (χ1) is 9.48. The highest BCUT2D eigenvalue weighted by atomic mass is 19.1. The fourth-order valence-electron chi connectivity index (χ4n) is 2.82. The summed E-state index contributed by atoms with van der Waals surface area (Å²) in [7, 11) is 0. The van der Waals surface area contributed by atoms with Crippen LogP contribution in [0, 0.1) is 11.7 Å². The summed E-state index contributed by atoms with van der Waals surface area (Å²) in [6.45, 7) is 2.12. The molecule has 0 aliphatic heterocycles. The molecule has 0 amide bonds. The van der Waals surface area contributed by atoms with Gasteiger partial charge in [-0.3, -0.25) is 4.79 Å². The number of carbonyl (C=O) groups is 1. The molecule has 1 heterocycles. The molecule has 3 nitrogen and oxygen atoms in total. The fraction of sp³-hybridized carbons (Fsp3) is 0.438.